The van der Waals surface area contributed by atoms with Gasteiger partial charge in [0.1, 0.15) is 5.82 Å². The largest absolute Gasteiger partial charge is 0.382 e. The van der Waals surface area contributed by atoms with Gasteiger partial charge in [-0.3, -0.25) is 0 Å². The number of benzene rings is 1. The van der Waals surface area contributed by atoms with E-state index < -0.39 is 0 Å². The van der Waals surface area contributed by atoms with Crippen molar-refractivity contribution in [2.45, 2.75) is 39.7 Å². The van der Waals surface area contributed by atoms with Crippen LogP contribution in [0.5, 0.6) is 0 Å². The Balaban J connectivity index is 1.96. The summed E-state index contributed by atoms with van der Waals surface area (Å²) in [4.78, 5) is 2.52. The van der Waals surface area contributed by atoms with Crippen LogP contribution in [0.15, 0.2) is 18.2 Å². The Kier molecular flexibility index (Phi) is 4.81. The van der Waals surface area contributed by atoms with Gasteiger partial charge in [-0.05, 0) is 69.5 Å². The minimum Gasteiger partial charge on any atom is -0.382 e. The van der Waals surface area contributed by atoms with Gasteiger partial charge in [0.25, 0.3) is 0 Å². The van der Waals surface area contributed by atoms with Gasteiger partial charge in [0.05, 0.1) is 0 Å². The van der Waals surface area contributed by atoms with Crippen LogP contribution in [0, 0.1) is 18.7 Å². The molecule has 0 amide bonds. The summed E-state index contributed by atoms with van der Waals surface area (Å²) < 4.78 is 13.3. The third kappa shape index (κ3) is 3.69. The van der Waals surface area contributed by atoms with Gasteiger partial charge >= 0.3 is 0 Å². The van der Waals surface area contributed by atoms with E-state index in [1.54, 1.807) is 6.07 Å². The van der Waals surface area contributed by atoms with E-state index in [-0.39, 0.29) is 5.82 Å². The summed E-state index contributed by atoms with van der Waals surface area (Å²) in [6.45, 7) is 9.82. The molecule has 1 fully saturated rings. The van der Waals surface area contributed by atoms with Crippen molar-refractivity contribution in [2.24, 2.45) is 5.92 Å². The highest BCUT2D eigenvalue weighted by atomic mass is 19.1. The van der Waals surface area contributed by atoms with Crippen molar-refractivity contribution in [1.82, 2.24) is 4.90 Å². The minimum absolute atomic E-state index is 0.131. The fraction of sp³-hybridized carbons (Fsp3) is 0.625. The summed E-state index contributed by atoms with van der Waals surface area (Å²) in [6.07, 6.45) is 2.57. The van der Waals surface area contributed by atoms with Crippen LogP contribution in [0.4, 0.5) is 10.1 Å². The first kappa shape index (κ1) is 14.3. The highest BCUT2D eigenvalue weighted by Crippen LogP contribution is 2.23. The van der Waals surface area contributed by atoms with E-state index in [0.29, 0.717) is 17.5 Å². The minimum atomic E-state index is -0.131. The summed E-state index contributed by atoms with van der Waals surface area (Å²) in [6, 6.07) is 5.70. The van der Waals surface area contributed by atoms with E-state index >= 15 is 0 Å². The van der Waals surface area contributed by atoms with Gasteiger partial charge in [-0.2, -0.15) is 0 Å². The monoisotopic (exact) mass is 264 g/mol. The molecule has 1 aliphatic heterocycles. The fourth-order valence-corrected chi connectivity index (χ4v) is 2.90. The van der Waals surface area contributed by atoms with Crippen molar-refractivity contribution >= 4 is 5.69 Å². The molecule has 2 rings (SSSR count). The molecule has 1 heterocycles. The van der Waals surface area contributed by atoms with Crippen LogP contribution >= 0.6 is 0 Å². The van der Waals surface area contributed by atoms with Crippen molar-refractivity contribution in [3.05, 3.63) is 29.6 Å². The maximum atomic E-state index is 13.3. The Morgan fingerprint density at radius 1 is 1.47 bits per heavy atom. The Labute approximate surface area is 116 Å². The van der Waals surface area contributed by atoms with Gasteiger partial charge in [0, 0.05) is 18.3 Å². The predicted octanol–water partition coefficient (Wildman–Crippen LogP) is 3.67. The second-order valence-corrected chi connectivity index (χ2v) is 5.69. The van der Waals surface area contributed by atoms with Crippen LogP contribution in [0.2, 0.25) is 0 Å². The van der Waals surface area contributed by atoms with Crippen molar-refractivity contribution in [1.29, 1.82) is 0 Å². The molecule has 0 aliphatic carbocycles. The zero-order valence-corrected chi connectivity index (χ0v) is 12.2. The summed E-state index contributed by atoms with van der Waals surface area (Å²) in [7, 11) is 0. The van der Waals surface area contributed by atoms with Gasteiger partial charge in [-0.1, -0.05) is 6.92 Å². The third-order valence-corrected chi connectivity index (χ3v) is 4.25. The number of hydrogen-bond donors (Lipinski definition) is 1. The van der Waals surface area contributed by atoms with E-state index in [1.807, 2.05) is 19.1 Å². The van der Waals surface area contributed by atoms with Gasteiger partial charge < -0.3 is 10.2 Å². The number of anilines is 1. The summed E-state index contributed by atoms with van der Waals surface area (Å²) in [5, 5.41) is 3.53. The summed E-state index contributed by atoms with van der Waals surface area (Å²) >= 11 is 0. The molecular weight excluding hydrogens is 239 g/mol. The summed E-state index contributed by atoms with van der Waals surface area (Å²) in [5.74, 6) is 0.548. The molecule has 1 aromatic carbocycles. The molecule has 1 saturated heterocycles. The number of halogens is 1. The van der Waals surface area contributed by atoms with E-state index in [4.69, 9.17) is 0 Å². The molecule has 19 heavy (non-hydrogen) atoms. The zero-order chi connectivity index (χ0) is 13.8. The zero-order valence-electron chi connectivity index (χ0n) is 12.2. The number of rotatable bonds is 4. The normalized spacial score (nSPS) is 22.2. The van der Waals surface area contributed by atoms with Crippen LogP contribution < -0.4 is 5.32 Å². The smallest absolute Gasteiger partial charge is 0.126 e. The van der Waals surface area contributed by atoms with Crippen molar-refractivity contribution < 1.29 is 4.39 Å². The molecule has 1 N–H and O–H groups in total. The lowest BCUT2D eigenvalue weighted by molar-refractivity contribution is 0.172. The first-order chi connectivity index (χ1) is 9.10. The number of hydrogen-bond acceptors (Lipinski definition) is 2. The highest BCUT2D eigenvalue weighted by molar-refractivity contribution is 5.46. The van der Waals surface area contributed by atoms with Gasteiger partial charge in [0.15, 0.2) is 0 Å². The number of aryl methyl sites for hydroxylation is 1. The standard InChI is InChI=1S/C16H25FN2/c1-4-19-9-5-6-14(11-19)13(3)18-15-7-8-16(17)12(2)10-15/h7-8,10,13-14,18H,4-6,9,11H2,1-3H3. The number of nitrogens with zero attached hydrogens (tertiary/aromatic N) is 1. The highest BCUT2D eigenvalue weighted by Gasteiger charge is 2.23. The second-order valence-electron chi connectivity index (χ2n) is 5.69. The van der Waals surface area contributed by atoms with Crippen LogP contribution in [0.25, 0.3) is 0 Å². The van der Waals surface area contributed by atoms with Gasteiger partial charge in [0.2, 0.25) is 0 Å². The average molecular weight is 264 g/mol. The van der Waals surface area contributed by atoms with Gasteiger partial charge in [-0.25, -0.2) is 4.39 Å². The molecule has 2 nitrogen and oxygen atoms in total. The molecule has 0 radical (unpaired) electrons. The van der Waals surface area contributed by atoms with Gasteiger partial charge in [-0.15, -0.1) is 0 Å². The lowest BCUT2D eigenvalue weighted by Gasteiger charge is -2.35. The molecule has 106 valence electrons. The van der Waals surface area contributed by atoms with Crippen molar-refractivity contribution in [3.8, 4) is 0 Å². The maximum absolute atomic E-state index is 13.3. The maximum Gasteiger partial charge on any atom is 0.126 e. The lowest BCUT2D eigenvalue weighted by atomic mass is 9.91. The van der Waals surface area contributed by atoms with Crippen LogP contribution in [0.3, 0.4) is 0 Å². The molecule has 0 bridgehead atoms. The molecule has 2 atom stereocenters. The Morgan fingerprint density at radius 2 is 2.26 bits per heavy atom. The Hall–Kier alpha value is -1.09. The second kappa shape index (κ2) is 6.38. The van der Waals surface area contributed by atoms with Crippen LogP contribution in [0.1, 0.15) is 32.3 Å². The first-order valence-corrected chi connectivity index (χ1v) is 7.35. The van der Waals surface area contributed by atoms with Crippen molar-refractivity contribution in [3.63, 3.8) is 0 Å². The molecule has 2 unspecified atom stereocenters. The quantitative estimate of drug-likeness (QED) is 0.892. The number of nitrogens with one attached hydrogen (secondary N) is 1. The van der Waals surface area contributed by atoms with Crippen LogP contribution in [-0.2, 0) is 0 Å². The Bertz CT molecular complexity index is 419. The third-order valence-electron chi connectivity index (χ3n) is 4.25. The lowest BCUT2D eigenvalue weighted by Crippen LogP contribution is -2.41. The number of piperidine rings is 1. The van der Waals surface area contributed by atoms with E-state index in [1.165, 1.54) is 25.9 Å². The van der Waals surface area contributed by atoms with E-state index in [0.717, 1.165) is 12.2 Å². The van der Waals surface area contributed by atoms with Crippen LogP contribution in [-0.4, -0.2) is 30.6 Å². The average Bonchev–Trinajstić information content (AvgIpc) is 2.43. The first-order valence-electron chi connectivity index (χ1n) is 7.35. The topological polar surface area (TPSA) is 15.3 Å². The predicted molar refractivity (Wildman–Crippen MR) is 79.1 cm³/mol. The SMILES string of the molecule is CCN1CCCC(C(C)Nc2ccc(F)c(C)c2)C1. The van der Waals surface area contributed by atoms with Crippen molar-refractivity contribution in [2.75, 3.05) is 25.0 Å². The molecule has 0 saturated carbocycles. The number of likely N-dealkylation sites (tertiary alicyclic amines) is 1. The molecular formula is C16H25FN2. The Morgan fingerprint density at radius 3 is 2.95 bits per heavy atom. The molecule has 0 aromatic heterocycles. The van der Waals surface area contributed by atoms with E-state index in [9.17, 15) is 4.39 Å². The molecule has 3 heteroatoms. The molecule has 1 aliphatic rings. The molecule has 0 spiro atoms. The van der Waals surface area contributed by atoms with E-state index in [2.05, 4.69) is 24.1 Å². The fourth-order valence-electron chi connectivity index (χ4n) is 2.90. The molecule has 1 aromatic rings. The summed E-state index contributed by atoms with van der Waals surface area (Å²) in [5.41, 5.74) is 1.73.